The standard InChI is InChI=1S/C11H14FNO2/c1-7-2-3-15-11(7)10(14)8-4-9(12)6-13-5-8/h4-7,10-11,14H,2-3H2,1H3. The molecule has 1 aliphatic heterocycles. The van der Waals surface area contributed by atoms with E-state index in [1.807, 2.05) is 6.92 Å². The van der Waals surface area contributed by atoms with Crippen LogP contribution < -0.4 is 0 Å². The van der Waals surface area contributed by atoms with Crippen LogP contribution in [-0.2, 0) is 4.74 Å². The average Bonchev–Trinajstić information content (AvgIpc) is 2.63. The molecular weight excluding hydrogens is 197 g/mol. The maximum atomic E-state index is 12.9. The van der Waals surface area contributed by atoms with Gasteiger partial charge in [-0.25, -0.2) is 4.39 Å². The molecule has 0 saturated carbocycles. The molecule has 1 aromatic heterocycles. The molecule has 2 rings (SSSR count). The third-order valence-electron chi connectivity index (χ3n) is 2.82. The summed E-state index contributed by atoms with van der Waals surface area (Å²) in [6.07, 6.45) is 2.50. The Labute approximate surface area is 87.9 Å². The first-order chi connectivity index (χ1) is 7.18. The maximum Gasteiger partial charge on any atom is 0.141 e. The summed E-state index contributed by atoms with van der Waals surface area (Å²) in [4.78, 5) is 3.71. The van der Waals surface area contributed by atoms with Gasteiger partial charge >= 0.3 is 0 Å². The van der Waals surface area contributed by atoms with Crippen molar-refractivity contribution in [3.63, 3.8) is 0 Å². The minimum Gasteiger partial charge on any atom is -0.386 e. The van der Waals surface area contributed by atoms with Gasteiger partial charge in [0.15, 0.2) is 0 Å². The summed E-state index contributed by atoms with van der Waals surface area (Å²) in [5.74, 6) is -0.138. The van der Waals surface area contributed by atoms with Crippen molar-refractivity contribution >= 4 is 0 Å². The van der Waals surface area contributed by atoms with Crippen LogP contribution in [0, 0.1) is 11.7 Å². The minimum absolute atomic E-state index is 0.242. The number of hydrogen-bond acceptors (Lipinski definition) is 3. The third kappa shape index (κ3) is 2.16. The molecule has 0 spiro atoms. The highest BCUT2D eigenvalue weighted by molar-refractivity contribution is 5.15. The number of ether oxygens (including phenoxy) is 1. The maximum absolute atomic E-state index is 12.9. The zero-order chi connectivity index (χ0) is 10.8. The lowest BCUT2D eigenvalue weighted by atomic mass is 9.96. The van der Waals surface area contributed by atoms with Gasteiger partial charge < -0.3 is 9.84 Å². The van der Waals surface area contributed by atoms with E-state index >= 15 is 0 Å². The van der Waals surface area contributed by atoms with Crippen molar-refractivity contribution in [3.8, 4) is 0 Å². The van der Waals surface area contributed by atoms with Gasteiger partial charge in [-0.2, -0.15) is 0 Å². The molecule has 0 radical (unpaired) electrons. The molecule has 82 valence electrons. The highest BCUT2D eigenvalue weighted by Crippen LogP contribution is 2.30. The fraction of sp³-hybridized carbons (Fsp3) is 0.545. The minimum atomic E-state index is -0.786. The predicted molar refractivity (Wildman–Crippen MR) is 52.7 cm³/mol. The number of aromatic nitrogens is 1. The lowest BCUT2D eigenvalue weighted by molar-refractivity contribution is -0.0180. The summed E-state index contributed by atoms with van der Waals surface area (Å²) in [6, 6.07) is 1.30. The number of rotatable bonds is 2. The van der Waals surface area contributed by atoms with Gasteiger partial charge in [-0.05, 0) is 18.4 Å². The molecule has 3 atom stereocenters. The van der Waals surface area contributed by atoms with Gasteiger partial charge in [0.05, 0.1) is 12.3 Å². The molecule has 1 aromatic rings. The number of halogens is 1. The Hall–Kier alpha value is -1.00. The predicted octanol–water partition coefficient (Wildman–Crippen LogP) is 1.68. The van der Waals surface area contributed by atoms with Crippen molar-refractivity contribution in [3.05, 3.63) is 29.8 Å². The molecule has 0 amide bonds. The molecule has 1 fully saturated rings. The molecule has 1 aliphatic rings. The van der Waals surface area contributed by atoms with Crippen molar-refractivity contribution in [1.82, 2.24) is 4.98 Å². The van der Waals surface area contributed by atoms with E-state index in [-0.39, 0.29) is 6.10 Å². The Bertz CT molecular complexity index is 345. The third-order valence-corrected chi connectivity index (χ3v) is 2.82. The first-order valence-corrected chi connectivity index (χ1v) is 5.08. The molecule has 0 aromatic carbocycles. The second kappa shape index (κ2) is 4.24. The first kappa shape index (κ1) is 10.5. The second-order valence-corrected chi connectivity index (χ2v) is 3.98. The smallest absolute Gasteiger partial charge is 0.141 e. The number of pyridine rings is 1. The number of aliphatic hydroxyl groups excluding tert-OH is 1. The molecular formula is C11H14FNO2. The fourth-order valence-electron chi connectivity index (χ4n) is 1.90. The van der Waals surface area contributed by atoms with Gasteiger partial charge in [-0.15, -0.1) is 0 Å². The van der Waals surface area contributed by atoms with Crippen molar-refractivity contribution in [1.29, 1.82) is 0 Å². The number of aliphatic hydroxyl groups is 1. The summed E-state index contributed by atoms with van der Waals surface area (Å²) in [5, 5.41) is 9.98. The Morgan fingerprint density at radius 1 is 1.60 bits per heavy atom. The molecule has 15 heavy (non-hydrogen) atoms. The topological polar surface area (TPSA) is 42.4 Å². The van der Waals surface area contributed by atoms with Crippen molar-refractivity contribution in [2.75, 3.05) is 6.61 Å². The van der Waals surface area contributed by atoms with Crippen LogP contribution in [-0.4, -0.2) is 22.8 Å². The van der Waals surface area contributed by atoms with Gasteiger partial charge in [-0.1, -0.05) is 6.92 Å². The van der Waals surface area contributed by atoms with Crippen LogP contribution >= 0.6 is 0 Å². The number of hydrogen-bond donors (Lipinski definition) is 1. The quantitative estimate of drug-likeness (QED) is 0.809. The number of nitrogens with zero attached hydrogens (tertiary/aromatic N) is 1. The Balaban J connectivity index is 2.16. The van der Waals surface area contributed by atoms with Crippen molar-refractivity contribution in [2.24, 2.45) is 5.92 Å². The van der Waals surface area contributed by atoms with Gasteiger partial charge in [-0.3, -0.25) is 4.98 Å². The molecule has 3 nitrogen and oxygen atoms in total. The van der Waals surface area contributed by atoms with Crippen molar-refractivity contribution in [2.45, 2.75) is 25.6 Å². The van der Waals surface area contributed by atoms with Gasteiger partial charge in [0.25, 0.3) is 0 Å². The lowest BCUT2D eigenvalue weighted by Crippen LogP contribution is -2.23. The Morgan fingerprint density at radius 3 is 3.00 bits per heavy atom. The molecule has 2 heterocycles. The fourth-order valence-corrected chi connectivity index (χ4v) is 1.90. The zero-order valence-electron chi connectivity index (χ0n) is 8.56. The largest absolute Gasteiger partial charge is 0.386 e. The van der Waals surface area contributed by atoms with Gasteiger partial charge in [0.2, 0.25) is 0 Å². The van der Waals surface area contributed by atoms with Crippen LogP contribution in [0.25, 0.3) is 0 Å². The van der Waals surface area contributed by atoms with Crippen LogP contribution in [0.1, 0.15) is 25.0 Å². The Morgan fingerprint density at radius 2 is 2.40 bits per heavy atom. The van der Waals surface area contributed by atoms with E-state index in [0.29, 0.717) is 18.1 Å². The highest BCUT2D eigenvalue weighted by Gasteiger charge is 2.32. The summed E-state index contributed by atoms with van der Waals surface area (Å²) in [7, 11) is 0. The van der Waals surface area contributed by atoms with Crippen LogP contribution in [0.2, 0.25) is 0 Å². The van der Waals surface area contributed by atoms with Crippen LogP contribution in [0.5, 0.6) is 0 Å². The summed E-state index contributed by atoms with van der Waals surface area (Å²) < 4.78 is 18.3. The molecule has 0 bridgehead atoms. The first-order valence-electron chi connectivity index (χ1n) is 5.08. The van der Waals surface area contributed by atoms with Crippen LogP contribution in [0.3, 0.4) is 0 Å². The van der Waals surface area contributed by atoms with Gasteiger partial charge in [0, 0.05) is 18.4 Å². The van der Waals surface area contributed by atoms with Crippen molar-refractivity contribution < 1.29 is 14.2 Å². The van der Waals surface area contributed by atoms with Gasteiger partial charge in [0.1, 0.15) is 11.9 Å². The van der Waals surface area contributed by atoms with E-state index in [0.717, 1.165) is 12.6 Å². The molecule has 1 N–H and O–H groups in total. The Kier molecular flexibility index (Phi) is 2.98. The van der Waals surface area contributed by atoms with Crippen LogP contribution in [0.15, 0.2) is 18.5 Å². The van der Waals surface area contributed by atoms with E-state index in [1.54, 1.807) is 0 Å². The summed E-state index contributed by atoms with van der Waals surface area (Å²) in [6.45, 7) is 2.68. The lowest BCUT2D eigenvalue weighted by Gasteiger charge is -2.21. The average molecular weight is 211 g/mol. The normalized spacial score (nSPS) is 27.9. The van der Waals surface area contributed by atoms with E-state index in [4.69, 9.17) is 4.74 Å². The molecule has 1 saturated heterocycles. The zero-order valence-corrected chi connectivity index (χ0v) is 8.56. The van der Waals surface area contributed by atoms with E-state index < -0.39 is 11.9 Å². The van der Waals surface area contributed by atoms with E-state index in [9.17, 15) is 9.50 Å². The molecule has 3 unspecified atom stereocenters. The van der Waals surface area contributed by atoms with E-state index in [1.165, 1.54) is 12.3 Å². The highest BCUT2D eigenvalue weighted by atomic mass is 19.1. The summed E-state index contributed by atoms with van der Waals surface area (Å²) in [5.41, 5.74) is 0.480. The van der Waals surface area contributed by atoms with Crippen LogP contribution in [0.4, 0.5) is 4.39 Å². The summed E-state index contributed by atoms with van der Waals surface area (Å²) >= 11 is 0. The van der Waals surface area contributed by atoms with E-state index in [2.05, 4.69) is 4.98 Å². The molecule has 4 heteroatoms. The molecule has 0 aliphatic carbocycles. The SMILES string of the molecule is CC1CCOC1C(O)c1cncc(F)c1. The second-order valence-electron chi connectivity index (χ2n) is 3.98. The monoisotopic (exact) mass is 211 g/mol.